The van der Waals surface area contributed by atoms with Gasteiger partial charge in [-0.05, 0) is 91.4 Å². The molecule has 36 heavy (non-hydrogen) atoms. The van der Waals surface area contributed by atoms with E-state index in [0.717, 1.165) is 20.3 Å². The van der Waals surface area contributed by atoms with E-state index in [2.05, 4.69) is 33.0 Å². The molecule has 0 spiro atoms. The zero-order valence-corrected chi connectivity index (χ0v) is 22.6. The summed E-state index contributed by atoms with van der Waals surface area (Å²) >= 11 is 2.13. The first-order chi connectivity index (χ1) is 17.2. The predicted molar refractivity (Wildman–Crippen MR) is 151 cm³/mol. The summed E-state index contributed by atoms with van der Waals surface area (Å²) in [5.74, 6) is 0.456. The summed E-state index contributed by atoms with van der Waals surface area (Å²) in [5.41, 5.74) is 5.53. The van der Waals surface area contributed by atoms with Gasteiger partial charge in [0.25, 0.3) is 11.8 Å². The smallest absolute Gasteiger partial charge is 0.280 e. The quantitative estimate of drug-likeness (QED) is 0.279. The minimum Gasteiger partial charge on any atom is -0.493 e. The van der Waals surface area contributed by atoms with Crippen LogP contribution in [0.15, 0.2) is 71.3 Å². The summed E-state index contributed by atoms with van der Waals surface area (Å²) in [4.78, 5) is 25.5. The van der Waals surface area contributed by atoms with Crippen LogP contribution in [0.2, 0.25) is 0 Å². The standard InChI is InChI=1S/C28H26IN3O4/c1-17-5-9-21(10-6-17)30-26(33)16-36-27-24(29)14-20(15-25(27)35-4)13-23-19(3)31-32(28(23)34)22-11-7-18(2)8-12-22/h5-15H,16H2,1-4H3,(H,30,33)/b23-13+. The van der Waals surface area contributed by atoms with Crippen LogP contribution in [0.1, 0.15) is 23.6 Å². The average Bonchev–Trinajstić information content (AvgIpc) is 3.13. The van der Waals surface area contributed by atoms with Crippen LogP contribution >= 0.6 is 22.6 Å². The number of aryl methyl sites for hydroxylation is 2. The van der Waals surface area contributed by atoms with E-state index < -0.39 is 0 Å². The fraction of sp³-hybridized carbons (Fsp3) is 0.179. The largest absolute Gasteiger partial charge is 0.493 e. The fourth-order valence-electron chi connectivity index (χ4n) is 3.65. The lowest BCUT2D eigenvalue weighted by Crippen LogP contribution is -2.21. The molecule has 0 unspecified atom stereocenters. The Kier molecular flexibility index (Phi) is 7.73. The number of ether oxygens (including phenoxy) is 2. The Balaban J connectivity index is 1.50. The molecular weight excluding hydrogens is 569 g/mol. The van der Waals surface area contributed by atoms with Crippen molar-refractivity contribution in [3.05, 3.63) is 86.5 Å². The van der Waals surface area contributed by atoms with Crippen LogP contribution < -0.4 is 19.8 Å². The number of hydrogen-bond acceptors (Lipinski definition) is 5. The van der Waals surface area contributed by atoms with E-state index in [1.54, 1.807) is 12.1 Å². The van der Waals surface area contributed by atoms with E-state index in [0.29, 0.717) is 34.2 Å². The van der Waals surface area contributed by atoms with Gasteiger partial charge in [0, 0.05) is 5.69 Å². The number of anilines is 2. The molecule has 3 aromatic carbocycles. The summed E-state index contributed by atoms with van der Waals surface area (Å²) in [6.07, 6.45) is 1.79. The van der Waals surface area contributed by atoms with Gasteiger partial charge in [-0.25, -0.2) is 0 Å². The number of hydrazone groups is 1. The molecule has 0 bridgehead atoms. The lowest BCUT2D eigenvalue weighted by atomic mass is 10.1. The number of nitrogens with zero attached hydrogens (tertiary/aromatic N) is 2. The summed E-state index contributed by atoms with van der Waals surface area (Å²) in [6, 6.07) is 18.8. The van der Waals surface area contributed by atoms with Gasteiger partial charge in [0.1, 0.15) is 0 Å². The van der Waals surface area contributed by atoms with E-state index in [9.17, 15) is 9.59 Å². The molecule has 0 radical (unpaired) electrons. The Morgan fingerprint density at radius 1 is 1.03 bits per heavy atom. The van der Waals surface area contributed by atoms with Crippen molar-refractivity contribution in [1.82, 2.24) is 0 Å². The van der Waals surface area contributed by atoms with Crippen molar-refractivity contribution in [2.24, 2.45) is 5.10 Å². The number of halogens is 1. The third kappa shape index (κ3) is 5.76. The molecule has 1 N–H and O–H groups in total. The van der Waals surface area contributed by atoms with Crippen molar-refractivity contribution in [2.75, 3.05) is 24.0 Å². The molecule has 0 aliphatic carbocycles. The van der Waals surface area contributed by atoms with Gasteiger partial charge in [-0.2, -0.15) is 10.1 Å². The maximum atomic E-state index is 13.1. The van der Waals surface area contributed by atoms with E-state index in [1.807, 2.05) is 75.4 Å². The van der Waals surface area contributed by atoms with Gasteiger partial charge in [0.2, 0.25) is 0 Å². The number of benzene rings is 3. The van der Waals surface area contributed by atoms with Gasteiger partial charge in [-0.1, -0.05) is 35.4 Å². The minimum atomic E-state index is -0.275. The van der Waals surface area contributed by atoms with Crippen LogP contribution in [-0.2, 0) is 9.59 Å². The van der Waals surface area contributed by atoms with Crippen LogP contribution in [-0.4, -0.2) is 31.2 Å². The van der Waals surface area contributed by atoms with E-state index in [4.69, 9.17) is 9.47 Å². The number of carbonyl (C=O) groups excluding carboxylic acids is 2. The highest BCUT2D eigenvalue weighted by Gasteiger charge is 2.29. The maximum absolute atomic E-state index is 13.1. The summed E-state index contributed by atoms with van der Waals surface area (Å²) in [7, 11) is 1.54. The van der Waals surface area contributed by atoms with Gasteiger partial charge in [-0.3, -0.25) is 9.59 Å². The highest BCUT2D eigenvalue weighted by molar-refractivity contribution is 14.1. The second kappa shape index (κ2) is 10.9. The van der Waals surface area contributed by atoms with Crippen LogP contribution in [0.5, 0.6) is 11.5 Å². The third-order valence-corrected chi connectivity index (χ3v) is 6.39. The topological polar surface area (TPSA) is 80.2 Å². The molecule has 0 fully saturated rings. The first kappa shape index (κ1) is 25.4. The van der Waals surface area contributed by atoms with Gasteiger partial charge in [0.15, 0.2) is 18.1 Å². The molecule has 0 atom stereocenters. The monoisotopic (exact) mass is 595 g/mol. The maximum Gasteiger partial charge on any atom is 0.280 e. The fourth-order valence-corrected chi connectivity index (χ4v) is 4.43. The molecule has 2 amide bonds. The first-order valence-corrected chi connectivity index (χ1v) is 12.4. The van der Waals surface area contributed by atoms with E-state index in [-0.39, 0.29) is 18.4 Å². The number of rotatable bonds is 7. The molecule has 184 valence electrons. The zero-order valence-electron chi connectivity index (χ0n) is 20.5. The van der Waals surface area contributed by atoms with Gasteiger partial charge < -0.3 is 14.8 Å². The average molecular weight is 595 g/mol. The number of hydrogen-bond donors (Lipinski definition) is 1. The Bertz CT molecular complexity index is 1360. The summed E-state index contributed by atoms with van der Waals surface area (Å²) < 4.78 is 12.1. The van der Waals surface area contributed by atoms with Crippen LogP contribution in [0.4, 0.5) is 11.4 Å². The van der Waals surface area contributed by atoms with Gasteiger partial charge >= 0.3 is 0 Å². The molecule has 1 aliphatic rings. The van der Waals surface area contributed by atoms with Crippen molar-refractivity contribution in [3.8, 4) is 11.5 Å². The van der Waals surface area contributed by atoms with Gasteiger partial charge in [-0.15, -0.1) is 0 Å². The summed E-state index contributed by atoms with van der Waals surface area (Å²) in [5, 5.41) is 8.67. The molecule has 8 heteroatoms. The molecular formula is C28H26IN3O4. The van der Waals surface area contributed by atoms with E-state index in [1.165, 1.54) is 12.1 Å². The number of carbonyl (C=O) groups is 2. The van der Waals surface area contributed by atoms with Crippen LogP contribution in [0.3, 0.4) is 0 Å². The lowest BCUT2D eigenvalue weighted by Gasteiger charge is -2.14. The second-order valence-electron chi connectivity index (χ2n) is 8.43. The van der Waals surface area contributed by atoms with Crippen molar-refractivity contribution < 1.29 is 19.1 Å². The molecule has 1 heterocycles. The Morgan fingerprint density at radius 2 is 1.67 bits per heavy atom. The zero-order chi connectivity index (χ0) is 25.8. The van der Waals surface area contributed by atoms with Gasteiger partial charge in [0.05, 0.1) is 27.7 Å². The van der Waals surface area contributed by atoms with Crippen molar-refractivity contribution >= 4 is 57.6 Å². The number of methoxy groups -OCH3 is 1. The Hall–Kier alpha value is -3.66. The third-order valence-electron chi connectivity index (χ3n) is 5.59. The summed E-state index contributed by atoms with van der Waals surface area (Å²) in [6.45, 7) is 5.62. The van der Waals surface area contributed by atoms with Crippen LogP contribution in [0.25, 0.3) is 6.08 Å². The molecule has 0 aromatic heterocycles. The van der Waals surface area contributed by atoms with Crippen LogP contribution in [0, 0.1) is 17.4 Å². The van der Waals surface area contributed by atoms with Crippen molar-refractivity contribution in [1.29, 1.82) is 0 Å². The SMILES string of the molecule is COc1cc(/C=C2/C(=O)N(c3ccc(C)cc3)N=C2C)cc(I)c1OCC(=O)Nc1ccc(C)cc1. The highest BCUT2D eigenvalue weighted by atomic mass is 127. The molecule has 1 aliphatic heterocycles. The van der Waals surface area contributed by atoms with Crippen molar-refractivity contribution in [2.45, 2.75) is 20.8 Å². The highest BCUT2D eigenvalue weighted by Crippen LogP contribution is 2.35. The first-order valence-electron chi connectivity index (χ1n) is 11.3. The second-order valence-corrected chi connectivity index (χ2v) is 9.60. The molecule has 0 saturated carbocycles. The normalized spacial score (nSPS) is 14.1. The Labute approximate surface area is 223 Å². The molecule has 7 nitrogen and oxygen atoms in total. The van der Waals surface area contributed by atoms with E-state index >= 15 is 0 Å². The lowest BCUT2D eigenvalue weighted by molar-refractivity contribution is -0.118. The Morgan fingerprint density at radius 3 is 2.31 bits per heavy atom. The molecule has 0 saturated heterocycles. The minimum absolute atomic E-state index is 0.170. The van der Waals surface area contributed by atoms with Crippen molar-refractivity contribution in [3.63, 3.8) is 0 Å². The molecule has 3 aromatic rings. The number of nitrogens with one attached hydrogen (secondary N) is 1. The predicted octanol–water partition coefficient (Wildman–Crippen LogP) is 5.74. The number of amides is 2. The molecule has 4 rings (SSSR count).